The first kappa shape index (κ1) is 11.8. The van der Waals surface area contributed by atoms with Gasteiger partial charge in [0.2, 0.25) is 0 Å². The molecule has 0 aromatic carbocycles. The van der Waals surface area contributed by atoms with Crippen molar-refractivity contribution in [2.24, 2.45) is 0 Å². The summed E-state index contributed by atoms with van der Waals surface area (Å²) in [6, 6.07) is 0. The fourth-order valence-electron chi connectivity index (χ4n) is 1.71. The van der Waals surface area contributed by atoms with Crippen LogP contribution >= 0.6 is 0 Å². The molecule has 0 unspecified atom stereocenters. The van der Waals surface area contributed by atoms with Crippen LogP contribution in [0, 0.1) is 0 Å². The van der Waals surface area contributed by atoms with E-state index in [1.807, 2.05) is 0 Å². The summed E-state index contributed by atoms with van der Waals surface area (Å²) in [6.07, 6.45) is 14.6. The van der Waals surface area contributed by atoms with Crippen LogP contribution in [0.3, 0.4) is 0 Å². The van der Waals surface area contributed by atoms with Gasteiger partial charge in [-0.05, 0) is 12.8 Å². The molecule has 0 radical (unpaired) electrons. The Labute approximate surface area is 88.5 Å². The van der Waals surface area contributed by atoms with E-state index < -0.39 is 0 Å². The molecule has 1 nitrogen and oxygen atoms in total. The van der Waals surface area contributed by atoms with Crippen molar-refractivity contribution in [2.75, 3.05) is 0 Å². The number of allylic oxidation sites excluding steroid dienone is 1. The van der Waals surface area contributed by atoms with E-state index >= 15 is 0 Å². The minimum absolute atomic E-state index is 0.462. The Bertz CT molecular complexity index is 163. The topological polar surface area (TPSA) is 12.5 Å². The van der Waals surface area contributed by atoms with Crippen molar-refractivity contribution in [3.8, 4) is 0 Å². The van der Waals surface area contributed by atoms with Gasteiger partial charge >= 0.3 is 0 Å². The van der Waals surface area contributed by atoms with Gasteiger partial charge < -0.3 is 4.74 Å². The Morgan fingerprint density at radius 1 is 1.07 bits per heavy atom. The molecule has 1 rings (SSSR count). The molecule has 2 atom stereocenters. The van der Waals surface area contributed by atoms with Gasteiger partial charge in [-0.2, -0.15) is 0 Å². The van der Waals surface area contributed by atoms with Gasteiger partial charge in [0.15, 0.2) is 0 Å². The maximum atomic E-state index is 5.56. The summed E-state index contributed by atoms with van der Waals surface area (Å²) in [5.41, 5.74) is 0. The standard InChI is InChI=1S/C13H24O/c1-3-5-7-9-11-13-12(14-13)10-8-6-4-2/h9,11-13H,3-8,10H2,1-2H3/b11-9+/t12-,13-/m0/s1. The zero-order valence-electron chi connectivity index (χ0n) is 9.67. The molecule has 14 heavy (non-hydrogen) atoms. The van der Waals surface area contributed by atoms with Crippen molar-refractivity contribution in [1.82, 2.24) is 0 Å². The molecule has 1 heterocycles. The molecule has 0 bridgehead atoms. The molecule has 1 saturated heterocycles. The largest absolute Gasteiger partial charge is 0.365 e. The van der Waals surface area contributed by atoms with Crippen LogP contribution in [0.5, 0.6) is 0 Å². The maximum Gasteiger partial charge on any atom is 0.102 e. The molecule has 1 heteroatoms. The molecule has 82 valence electrons. The van der Waals surface area contributed by atoms with Crippen molar-refractivity contribution in [1.29, 1.82) is 0 Å². The van der Waals surface area contributed by atoms with E-state index in [1.165, 1.54) is 44.9 Å². The van der Waals surface area contributed by atoms with E-state index in [9.17, 15) is 0 Å². The third kappa shape index (κ3) is 4.80. The van der Waals surface area contributed by atoms with E-state index in [-0.39, 0.29) is 0 Å². The van der Waals surface area contributed by atoms with E-state index in [0.717, 1.165) is 0 Å². The molecule has 0 spiro atoms. The number of epoxide rings is 1. The number of hydrogen-bond acceptors (Lipinski definition) is 1. The first-order chi connectivity index (χ1) is 6.88. The Kier molecular flexibility index (Phi) is 5.93. The molecule has 0 aromatic rings. The third-order valence-corrected chi connectivity index (χ3v) is 2.76. The number of unbranched alkanes of at least 4 members (excludes halogenated alkanes) is 4. The highest BCUT2D eigenvalue weighted by Gasteiger charge is 2.35. The van der Waals surface area contributed by atoms with Crippen molar-refractivity contribution in [3.05, 3.63) is 12.2 Å². The second-order valence-electron chi connectivity index (χ2n) is 4.21. The van der Waals surface area contributed by atoms with Crippen LogP contribution < -0.4 is 0 Å². The van der Waals surface area contributed by atoms with Crippen molar-refractivity contribution in [3.63, 3.8) is 0 Å². The summed E-state index contributed by atoms with van der Waals surface area (Å²) in [5, 5.41) is 0. The molecule has 0 N–H and O–H groups in total. The Balaban J connectivity index is 1.94. The predicted octanol–water partition coefficient (Wildman–Crippen LogP) is 4.08. The van der Waals surface area contributed by atoms with Crippen molar-refractivity contribution in [2.45, 2.75) is 71.0 Å². The highest BCUT2D eigenvalue weighted by atomic mass is 16.6. The van der Waals surface area contributed by atoms with Crippen LogP contribution in [0.2, 0.25) is 0 Å². The first-order valence-corrected chi connectivity index (χ1v) is 6.20. The van der Waals surface area contributed by atoms with E-state index in [4.69, 9.17) is 4.74 Å². The number of ether oxygens (including phenoxy) is 1. The minimum Gasteiger partial charge on any atom is -0.365 e. The van der Waals surface area contributed by atoms with Gasteiger partial charge in [0.1, 0.15) is 6.10 Å². The monoisotopic (exact) mass is 196 g/mol. The Hall–Kier alpha value is -0.300. The van der Waals surface area contributed by atoms with Crippen LogP contribution in [-0.4, -0.2) is 12.2 Å². The highest BCUT2D eigenvalue weighted by molar-refractivity contribution is 5.02. The molecule has 1 fully saturated rings. The second-order valence-corrected chi connectivity index (χ2v) is 4.21. The smallest absolute Gasteiger partial charge is 0.102 e. The molecule has 0 saturated carbocycles. The minimum atomic E-state index is 0.462. The quantitative estimate of drug-likeness (QED) is 0.324. The lowest BCUT2D eigenvalue weighted by atomic mass is 10.1. The average Bonchev–Trinajstić information content (AvgIpc) is 2.92. The van der Waals surface area contributed by atoms with E-state index in [2.05, 4.69) is 26.0 Å². The van der Waals surface area contributed by atoms with E-state index in [1.54, 1.807) is 0 Å². The molecule has 0 aromatic heterocycles. The summed E-state index contributed by atoms with van der Waals surface area (Å²) in [6.45, 7) is 4.48. The van der Waals surface area contributed by atoms with Crippen LogP contribution in [0.1, 0.15) is 58.8 Å². The summed E-state index contributed by atoms with van der Waals surface area (Å²) >= 11 is 0. The predicted molar refractivity (Wildman–Crippen MR) is 61.5 cm³/mol. The molecular weight excluding hydrogens is 172 g/mol. The lowest BCUT2D eigenvalue weighted by Gasteiger charge is -1.92. The van der Waals surface area contributed by atoms with Gasteiger partial charge in [-0.15, -0.1) is 0 Å². The van der Waals surface area contributed by atoms with Crippen LogP contribution in [0.25, 0.3) is 0 Å². The lowest BCUT2D eigenvalue weighted by Crippen LogP contribution is -1.90. The van der Waals surface area contributed by atoms with Crippen molar-refractivity contribution < 1.29 is 4.74 Å². The Morgan fingerprint density at radius 2 is 1.86 bits per heavy atom. The van der Waals surface area contributed by atoms with Crippen LogP contribution in [-0.2, 0) is 4.74 Å². The van der Waals surface area contributed by atoms with E-state index in [0.29, 0.717) is 12.2 Å². The van der Waals surface area contributed by atoms with Gasteiger partial charge in [-0.1, -0.05) is 58.1 Å². The summed E-state index contributed by atoms with van der Waals surface area (Å²) in [5.74, 6) is 0. The van der Waals surface area contributed by atoms with Gasteiger partial charge in [0.25, 0.3) is 0 Å². The summed E-state index contributed by atoms with van der Waals surface area (Å²) in [4.78, 5) is 0. The van der Waals surface area contributed by atoms with Gasteiger partial charge in [0.05, 0.1) is 6.10 Å². The molecule has 0 amide bonds. The normalized spacial score (nSPS) is 25.9. The molecule has 1 aliphatic rings. The number of hydrogen-bond donors (Lipinski definition) is 0. The molecule has 1 aliphatic heterocycles. The molecular formula is C13H24O. The number of rotatable bonds is 8. The first-order valence-electron chi connectivity index (χ1n) is 6.20. The molecule has 0 aliphatic carbocycles. The van der Waals surface area contributed by atoms with Gasteiger partial charge in [0, 0.05) is 0 Å². The summed E-state index contributed by atoms with van der Waals surface area (Å²) < 4.78 is 5.56. The van der Waals surface area contributed by atoms with Gasteiger partial charge in [-0.25, -0.2) is 0 Å². The maximum absolute atomic E-state index is 5.56. The summed E-state index contributed by atoms with van der Waals surface area (Å²) in [7, 11) is 0. The van der Waals surface area contributed by atoms with Crippen molar-refractivity contribution >= 4 is 0 Å². The zero-order valence-corrected chi connectivity index (χ0v) is 9.67. The Morgan fingerprint density at radius 3 is 2.57 bits per heavy atom. The second kappa shape index (κ2) is 7.05. The van der Waals surface area contributed by atoms with Crippen LogP contribution in [0.4, 0.5) is 0 Å². The third-order valence-electron chi connectivity index (χ3n) is 2.76. The zero-order chi connectivity index (χ0) is 10.2. The highest BCUT2D eigenvalue weighted by Crippen LogP contribution is 2.28. The van der Waals surface area contributed by atoms with Crippen LogP contribution in [0.15, 0.2) is 12.2 Å². The SMILES string of the molecule is CCCC/C=C/[C@@H]1O[C@H]1CCCCC. The fourth-order valence-corrected chi connectivity index (χ4v) is 1.71. The van der Waals surface area contributed by atoms with Gasteiger partial charge in [-0.3, -0.25) is 0 Å². The average molecular weight is 196 g/mol. The lowest BCUT2D eigenvalue weighted by molar-refractivity contribution is 0.373. The fraction of sp³-hybridized carbons (Fsp3) is 0.846.